The number of amides is 1. The number of aromatic nitrogens is 2. The molecular formula is C19H26N4O2. The normalized spacial score (nSPS) is 20.1. The number of aryl methyl sites for hydroxylation is 2. The molecule has 0 radical (unpaired) electrons. The van der Waals surface area contributed by atoms with Crippen molar-refractivity contribution in [2.45, 2.75) is 19.8 Å². The Morgan fingerprint density at radius 2 is 2.00 bits per heavy atom. The molecule has 0 aliphatic carbocycles. The van der Waals surface area contributed by atoms with Crippen LogP contribution < -0.4 is 10.5 Å². The van der Waals surface area contributed by atoms with Crippen LogP contribution in [0.1, 0.15) is 22.9 Å². The highest BCUT2D eigenvalue weighted by atomic mass is 16.5. The maximum Gasteiger partial charge on any atom is 0.260 e. The average Bonchev–Trinajstić information content (AvgIpc) is 3.16. The number of ether oxygens (including phenoxy) is 1. The lowest BCUT2D eigenvalue weighted by molar-refractivity contribution is -0.132. The molecule has 6 heteroatoms. The summed E-state index contributed by atoms with van der Waals surface area (Å²) in [6, 6.07) is 10.3. The molecule has 1 saturated heterocycles. The summed E-state index contributed by atoms with van der Waals surface area (Å²) < 4.78 is 7.53. The fourth-order valence-corrected chi connectivity index (χ4v) is 3.58. The summed E-state index contributed by atoms with van der Waals surface area (Å²) in [5.74, 6) is 1.27. The highest BCUT2D eigenvalue weighted by Gasteiger charge is 2.35. The van der Waals surface area contributed by atoms with Gasteiger partial charge in [0.15, 0.2) is 12.4 Å². The zero-order valence-corrected chi connectivity index (χ0v) is 15.1. The van der Waals surface area contributed by atoms with Gasteiger partial charge in [0.2, 0.25) is 0 Å². The lowest BCUT2D eigenvalue weighted by atomic mass is 9.89. The Kier molecular flexibility index (Phi) is 5.08. The first-order chi connectivity index (χ1) is 12.0. The summed E-state index contributed by atoms with van der Waals surface area (Å²) in [6.45, 7) is 5.81. The van der Waals surface area contributed by atoms with Gasteiger partial charge in [0.05, 0.1) is 5.69 Å². The van der Waals surface area contributed by atoms with Crippen molar-refractivity contribution in [2.24, 2.45) is 18.7 Å². The van der Waals surface area contributed by atoms with E-state index in [0.29, 0.717) is 25.4 Å². The molecule has 1 aromatic heterocycles. The van der Waals surface area contributed by atoms with Crippen molar-refractivity contribution in [3.05, 3.63) is 47.3 Å². The van der Waals surface area contributed by atoms with Crippen LogP contribution in [-0.4, -0.2) is 46.8 Å². The third-order valence-corrected chi connectivity index (χ3v) is 5.11. The Morgan fingerprint density at radius 3 is 2.60 bits per heavy atom. The second-order valence-electron chi connectivity index (χ2n) is 6.72. The Balaban J connectivity index is 1.65. The lowest BCUT2D eigenvalue weighted by Gasteiger charge is -2.17. The highest BCUT2D eigenvalue weighted by molar-refractivity contribution is 5.78. The number of benzene rings is 1. The number of hydrogen-bond donors (Lipinski definition) is 1. The zero-order chi connectivity index (χ0) is 18.0. The SMILES string of the molecule is Cc1nn(C)c(C)c1OCC(=O)N1C[C@@H](CN)[C@H](c2ccccc2)C1. The molecule has 2 aromatic rings. The summed E-state index contributed by atoms with van der Waals surface area (Å²) in [5.41, 5.74) is 8.92. The van der Waals surface area contributed by atoms with E-state index >= 15 is 0 Å². The average molecular weight is 342 g/mol. The minimum absolute atomic E-state index is 0.000431. The van der Waals surface area contributed by atoms with Crippen LogP contribution in [0.15, 0.2) is 30.3 Å². The van der Waals surface area contributed by atoms with E-state index in [1.54, 1.807) is 4.68 Å². The van der Waals surface area contributed by atoms with Crippen molar-refractivity contribution in [1.29, 1.82) is 0 Å². The van der Waals surface area contributed by atoms with Crippen LogP contribution in [0.3, 0.4) is 0 Å². The van der Waals surface area contributed by atoms with Crippen molar-refractivity contribution in [3.63, 3.8) is 0 Å². The van der Waals surface area contributed by atoms with E-state index in [2.05, 4.69) is 17.2 Å². The molecule has 2 N–H and O–H groups in total. The minimum atomic E-state index is -0.000431. The second-order valence-corrected chi connectivity index (χ2v) is 6.72. The van der Waals surface area contributed by atoms with Gasteiger partial charge in [-0.15, -0.1) is 0 Å². The monoisotopic (exact) mass is 342 g/mol. The Bertz CT molecular complexity index is 741. The zero-order valence-electron chi connectivity index (χ0n) is 15.1. The predicted octanol–water partition coefficient (Wildman–Crippen LogP) is 1.62. The molecule has 0 spiro atoms. The summed E-state index contributed by atoms with van der Waals surface area (Å²) in [5, 5.41) is 4.31. The molecule has 1 aliphatic rings. The van der Waals surface area contributed by atoms with Gasteiger partial charge in [-0.25, -0.2) is 0 Å². The number of hydrogen-bond acceptors (Lipinski definition) is 4. The van der Waals surface area contributed by atoms with Gasteiger partial charge < -0.3 is 15.4 Å². The van der Waals surface area contributed by atoms with Gasteiger partial charge in [-0.1, -0.05) is 30.3 Å². The molecule has 1 aromatic carbocycles. The van der Waals surface area contributed by atoms with Crippen LogP contribution in [0.2, 0.25) is 0 Å². The minimum Gasteiger partial charge on any atom is -0.480 e. The second kappa shape index (κ2) is 7.27. The molecule has 0 saturated carbocycles. The predicted molar refractivity (Wildman–Crippen MR) is 96.5 cm³/mol. The van der Waals surface area contributed by atoms with Crippen LogP contribution in [-0.2, 0) is 11.8 Å². The van der Waals surface area contributed by atoms with Gasteiger partial charge >= 0.3 is 0 Å². The quantitative estimate of drug-likeness (QED) is 0.896. The van der Waals surface area contributed by atoms with E-state index in [9.17, 15) is 4.79 Å². The Hall–Kier alpha value is -2.34. The molecule has 134 valence electrons. The van der Waals surface area contributed by atoms with Gasteiger partial charge in [-0.2, -0.15) is 5.10 Å². The van der Waals surface area contributed by atoms with E-state index in [1.165, 1.54) is 5.56 Å². The molecular weight excluding hydrogens is 316 g/mol. The van der Waals surface area contributed by atoms with Gasteiger partial charge in [-0.05, 0) is 31.9 Å². The summed E-state index contributed by atoms with van der Waals surface area (Å²) in [6.07, 6.45) is 0. The first-order valence-electron chi connectivity index (χ1n) is 8.67. The summed E-state index contributed by atoms with van der Waals surface area (Å²) in [7, 11) is 1.87. The standard InChI is InChI=1S/C19H26N4O2/c1-13-19(14(2)22(3)21-13)25-12-18(24)23-10-16(9-20)17(11-23)15-7-5-4-6-8-15/h4-8,16-17H,9-12,20H2,1-3H3/t16-,17+/m1/s1. The first kappa shape index (κ1) is 17.5. The number of likely N-dealkylation sites (tertiary alicyclic amines) is 1. The van der Waals surface area contributed by atoms with Crippen LogP contribution in [0, 0.1) is 19.8 Å². The van der Waals surface area contributed by atoms with E-state index in [-0.39, 0.29) is 24.3 Å². The van der Waals surface area contributed by atoms with E-state index in [1.807, 2.05) is 44.0 Å². The molecule has 1 aliphatic heterocycles. The lowest BCUT2D eigenvalue weighted by Crippen LogP contribution is -2.33. The van der Waals surface area contributed by atoms with Gasteiger partial charge in [0.1, 0.15) is 5.69 Å². The smallest absolute Gasteiger partial charge is 0.260 e. The Labute approximate surface area is 148 Å². The summed E-state index contributed by atoms with van der Waals surface area (Å²) in [4.78, 5) is 14.5. The molecule has 25 heavy (non-hydrogen) atoms. The number of carbonyl (C=O) groups is 1. The molecule has 6 nitrogen and oxygen atoms in total. The van der Waals surface area contributed by atoms with Crippen LogP contribution in [0.4, 0.5) is 0 Å². The third-order valence-electron chi connectivity index (χ3n) is 5.11. The van der Waals surface area contributed by atoms with Crippen molar-refractivity contribution in [3.8, 4) is 5.75 Å². The molecule has 2 atom stereocenters. The number of nitrogens with two attached hydrogens (primary N) is 1. The molecule has 1 amide bonds. The molecule has 0 unspecified atom stereocenters. The van der Waals surface area contributed by atoms with E-state index in [4.69, 9.17) is 10.5 Å². The Morgan fingerprint density at radius 1 is 1.28 bits per heavy atom. The van der Waals surface area contributed by atoms with Gasteiger partial charge in [0, 0.05) is 26.1 Å². The molecule has 2 heterocycles. The van der Waals surface area contributed by atoms with Gasteiger partial charge in [0.25, 0.3) is 5.91 Å². The fraction of sp³-hybridized carbons (Fsp3) is 0.474. The number of rotatable bonds is 5. The highest BCUT2D eigenvalue weighted by Crippen LogP contribution is 2.32. The summed E-state index contributed by atoms with van der Waals surface area (Å²) >= 11 is 0. The number of nitrogens with zero attached hydrogens (tertiary/aromatic N) is 3. The largest absolute Gasteiger partial charge is 0.480 e. The molecule has 0 bridgehead atoms. The van der Waals surface area contributed by atoms with Crippen LogP contribution in [0.5, 0.6) is 5.75 Å². The molecule has 1 fully saturated rings. The maximum atomic E-state index is 12.6. The third kappa shape index (κ3) is 3.54. The van der Waals surface area contributed by atoms with Gasteiger partial charge in [-0.3, -0.25) is 9.48 Å². The van der Waals surface area contributed by atoms with Crippen molar-refractivity contribution in [1.82, 2.24) is 14.7 Å². The van der Waals surface area contributed by atoms with Crippen molar-refractivity contribution in [2.75, 3.05) is 26.2 Å². The molecule has 3 rings (SSSR count). The van der Waals surface area contributed by atoms with Crippen LogP contribution >= 0.6 is 0 Å². The number of carbonyl (C=O) groups excluding carboxylic acids is 1. The van der Waals surface area contributed by atoms with Crippen LogP contribution in [0.25, 0.3) is 0 Å². The van der Waals surface area contributed by atoms with E-state index in [0.717, 1.165) is 11.4 Å². The van der Waals surface area contributed by atoms with Crippen molar-refractivity contribution < 1.29 is 9.53 Å². The fourth-order valence-electron chi connectivity index (χ4n) is 3.58. The van der Waals surface area contributed by atoms with Crippen molar-refractivity contribution >= 4 is 5.91 Å². The van der Waals surface area contributed by atoms with E-state index < -0.39 is 0 Å². The first-order valence-corrected chi connectivity index (χ1v) is 8.67. The topological polar surface area (TPSA) is 73.4 Å². The maximum absolute atomic E-state index is 12.6.